The van der Waals surface area contributed by atoms with E-state index in [1.807, 2.05) is 54.0 Å². The summed E-state index contributed by atoms with van der Waals surface area (Å²) in [4.78, 5) is 84.8. The van der Waals surface area contributed by atoms with Crippen LogP contribution in [0.4, 0.5) is 10.6 Å². The molecule has 2 fully saturated rings. The van der Waals surface area contributed by atoms with Crippen molar-refractivity contribution in [2.45, 2.75) is 106 Å². The Hall–Kier alpha value is -6.72. The van der Waals surface area contributed by atoms with Crippen LogP contribution >= 0.6 is 7.82 Å². The fraction of sp³-hybridized carbons (Fsp3) is 0.438. The Morgan fingerprint density at radius 1 is 0.833 bits per heavy atom. The largest absolute Gasteiger partial charge is 0.493 e. The van der Waals surface area contributed by atoms with Crippen molar-refractivity contribution in [3.63, 3.8) is 0 Å². The van der Waals surface area contributed by atoms with Gasteiger partial charge in [0.15, 0.2) is 6.23 Å². The van der Waals surface area contributed by atoms with Crippen molar-refractivity contribution in [1.82, 2.24) is 31.0 Å². The zero-order valence-corrected chi connectivity index (χ0v) is 40.2. The molecule has 13 N–H and O–H groups in total. The Morgan fingerprint density at radius 2 is 1.47 bits per heavy atom. The number of hydrogen-bond donors (Lipinski definition) is 10. The summed E-state index contributed by atoms with van der Waals surface area (Å²) < 4.78 is 34.6. The molecule has 4 unspecified atom stereocenters. The zero-order chi connectivity index (χ0) is 51.4. The Morgan fingerprint density at radius 3 is 2.14 bits per heavy atom. The molecule has 4 amide bonds. The summed E-state index contributed by atoms with van der Waals surface area (Å²) in [5.74, 6) is -2.87. The Kier molecular flexibility index (Phi) is 18.1. The minimum absolute atomic E-state index is 0.0184. The number of rotatable bonds is 22. The number of nitrogens with one attached hydrogen (secondary N) is 4. The fourth-order valence-electron chi connectivity index (χ4n) is 9.20. The maximum Gasteiger partial charge on any atom is 0.493 e. The average molecular weight is 1020 g/mol. The first-order valence-electron chi connectivity index (χ1n) is 23.7. The summed E-state index contributed by atoms with van der Waals surface area (Å²) in [6, 6.07) is 22.5. The van der Waals surface area contributed by atoms with Crippen LogP contribution in [0.2, 0.25) is 0 Å². The third-order valence-electron chi connectivity index (χ3n) is 12.9. The van der Waals surface area contributed by atoms with Gasteiger partial charge in [0.05, 0.1) is 6.61 Å². The standard InChI is InChI=1S/C48H61N10O13P/c49-39-21-23-58(47(64)56-39)45-41(60)40(59)38(70-45)27-69-72(66,67)71-57-46(51)52-22-11-20-35(43(62)54-36(42(50)61)24-28-12-3-1-4-13-28)53-44(63)37(25-29-14-5-2-6-15-29)55-48(65)68-26-34-32-18-9-7-16-30(32)31-17-8-10-19-33(31)34/h1,3-4,7-10,12-13,16-19,21,23,29,34-38,40-41,45,59-60H,2,5-6,11,14-15,20,22,24-27H2,(H2,50,61)(H,53,63)(H,54,62)(H,55,65)(H,66,67)(H2,49,56,64)(H3,51,52,57)/t35?,36?,37?,38-,40-,41-,45-/m1/s1. The number of aromatic nitrogens is 2. The van der Waals surface area contributed by atoms with Crippen molar-refractivity contribution in [1.29, 1.82) is 0 Å². The van der Waals surface area contributed by atoms with Gasteiger partial charge in [0.1, 0.15) is 48.9 Å². The number of phosphoric ester groups is 1. The smallest absolute Gasteiger partial charge is 0.449 e. The van der Waals surface area contributed by atoms with Gasteiger partial charge in [-0.3, -0.25) is 28.5 Å². The highest BCUT2D eigenvalue weighted by molar-refractivity contribution is 7.47. The highest BCUT2D eigenvalue weighted by Crippen LogP contribution is 2.45. The fourth-order valence-corrected chi connectivity index (χ4v) is 9.79. The molecule has 23 nitrogen and oxygen atoms in total. The molecular weight excluding hydrogens is 956 g/mol. The van der Waals surface area contributed by atoms with Crippen molar-refractivity contribution < 1.29 is 57.5 Å². The van der Waals surface area contributed by atoms with Crippen molar-refractivity contribution >= 4 is 43.4 Å². The van der Waals surface area contributed by atoms with Gasteiger partial charge in [-0.1, -0.05) is 111 Å². The van der Waals surface area contributed by atoms with E-state index < -0.39 is 92.6 Å². The molecule has 3 aliphatic rings. The Bertz CT molecular complexity index is 2630. The van der Waals surface area contributed by atoms with Crippen LogP contribution in [0, 0.1) is 5.92 Å². The first kappa shape index (κ1) is 53.1. The number of anilines is 1. The third-order valence-corrected chi connectivity index (χ3v) is 13.7. The van der Waals surface area contributed by atoms with E-state index in [1.165, 1.54) is 12.3 Å². The van der Waals surface area contributed by atoms with Crippen molar-refractivity contribution in [2.24, 2.45) is 22.4 Å². The number of alkyl carbamates (subject to hydrolysis) is 1. The van der Waals surface area contributed by atoms with Gasteiger partial charge in [0.25, 0.3) is 0 Å². The molecule has 386 valence electrons. The first-order valence-corrected chi connectivity index (χ1v) is 25.2. The van der Waals surface area contributed by atoms with Gasteiger partial charge < -0.3 is 57.7 Å². The molecule has 72 heavy (non-hydrogen) atoms. The van der Waals surface area contributed by atoms with E-state index in [-0.39, 0.29) is 56.5 Å². The van der Waals surface area contributed by atoms with Crippen LogP contribution in [-0.4, -0.2) is 111 Å². The minimum atomic E-state index is -4.97. The molecule has 1 aromatic heterocycles. The van der Waals surface area contributed by atoms with Gasteiger partial charge >= 0.3 is 19.6 Å². The summed E-state index contributed by atoms with van der Waals surface area (Å²) in [5.41, 5.74) is 23.1. The lowest BCUT2D eigenvalue weighted by Gasteiger charge is -2.28. The van der Waals surface area contributed by atoms with Gasteiger partial charge in [0.2, 0.25) is 23.7 Å². The molecule has 0 bridgehead atoms. The van der Waals surface area contributed by atoms with Gasteiger partial charge in [-0.15, -0.1) is 0 Å². The molecule has 1 aliphatic heterocycles. The SMILES string of the molecule is NC(=O)C(Cc1ccccc1)NC(=O)C(CCCN=C(N)NOP(=O)(O)OC[C@H]1O[C@@H](n2ccc(N)nc2=O)[C@H](O)[C@@H]1O)NC(=O)C(CC1CCCCC1)NC(=O)OCC1c2ccccc2-c2ccccc21. The number of primary amides is 1. The predicted molar refractivity (Wildman–Crippen MR) is 261 cm³/mol. The zero-order valence-electron chi connectivity index (χ0n) is 39.3. The number of guanidine groups is 1. The number of carbonyl (C=O) groups is 4. The molecule has 7 rings (SSSR count). The van der Waals surface area contributed by atoms with Crippen LogP contribution in [0.25, 0.3) is 11.1 Å². The van der Waals surface area contributed by atoms with Gasteiger partial charge in [-0.25, -0.2) is 19.6 Å². The topological polar surface area (TPSA) is 356 Å². The van der Waals surface area contributed by atoms with E-state index >= 15 is 0 Å². The molecule has 8 atom stereocenters. The van der Waals surface area contributed by atoms with Gasteiger partial charge in [-0.05, 0) is 59.1 Å². The van der Waals surface area contributed by atoms with E-state index in [2.05, 4.69) is 25.9 Å². The monoisotopic (exact) mass is 1020 g/mol. The number of amides is 4. The molecular formula is C48H61N10O13P. The third kappa shape index (κ3) is 14.0. The maximum atomic E-state index is 14.3. The normalized spacial score (nSPS) is 21.0. The van der Waals surface area contributed by atoms with E-state index in [1.54, 1.807) is 30.3 Å². The number of aliphatic hydroxyl groups is 2. The second-order valence-corrected chi connectivity index (χ2v) is 19.3. The molecule has 24 heteroatoms. The van der Waals surface area contributed by atoms with E-state index in [0.717, 1.165) is 64.5 Å². The molecule has 1 saturated heterocycles. The summed E-state index contributed by atoms with van der Waals surface area (Å²) in [5, 5.41) is 29.2. The number of fused-ring (bicyclic) bond motifs is 3. The van der Waals surface area contributed by atoms with E-state index in [9.17, 15) is 43.6 Å². The maximum absolute atomic E-state index is 14.3. The van der Waals surface area contributed by atoms with Crippen LogP contribution in [0.15, 0.2) is 101 Å². The van der Waals surface area contributed by atoms with Crippen LogP contribution in [0.5, 0.6) is 0 Å². The van der Waals surface area contributed by atoms with Crippen LogP contribution in [0.3, 0.4) is 0 Å². The Labute approximate surface area is 414 Å². The number of hydrogen-bond acceptors (Lipinski definition) is 15. The lowest BCUT2D eigenvalue weighted by atomic mass is 9.84. The van der Waals surface area contributed by atoms with Gasteiger partial charge in [0, 0.05) is 25.1 Å². The number of nitrogens with zero attached hydrogens (tertiary/aromatic N) is 3. The van der Waals surface area contributed by atoms with E-state index in [4.69, 9.17) is 35.8 Å². The number of carbonyl (C=O) groups excluding carboxylic acids is 4. The number of ether oxygens (including phenoxy) is 2. The lowest BCUT2D eigenvalue weighted by molar-refractivity contribution is -0.132. The number of hydroxylamine groups is 1. The summed E-state index contributed by atoms with van der Waals surface area (Å²) >= 11 is 0. The quantitative estimate of drug-likeness (QED) is 0.0176. The number of nitrogens with two attached hydrogens (primary N) is 3. The number of benzene rings is 3. The first-order chi connectivity index (χ1) is 34.6. The Balaban J connectivity index is 0.975. The molecule has 0 spiro atoms. The highest BCUT2D eigenvalue weighted by Gasteiger charge is 2.45. The molecule has 0 radical (unpaired) electrons. The van der Waals surface area contributed by atoms with Crippen molar-refractivity contribution in [2.75, 3.05) is 25.5 Å². The molecule has 4 aromatic rings. The summed E-state index contributed by atoms with van der Waals surface area (Å²) in [7, 11) is -4.97. The van der Waals surface area contributed by atoms with Crippen LogP contribution in [-0.2, 0) is 44.0 Å². The number of nitrogen functional groups attached to an aromatic ring is 1. The van der Waals surface area contributed by atoms with Gasteiger partial charge in [-0.2, -0.15) is 9.61 Å². The van der Waals surface area contributed by atoms with Crippen LogP contribution < -0.4 is 44.3 Å². The molecule has 1 saturated carbocycles. The highest BCUT2D eigenvalue weighted by atomic mass is 31.2. The second kappa shape index (κ2) is 24.6. The number of aliphatic imine (C=N–C) groups is 1. The van der Waals surface area contributed by atoms with E-state index in [0.29, 0.717) is 0 Å². The van der Waals surface area contributed by atoms with Crippen LogP contribution in [0.1, 0.15) is 80.2 Å². The minimum Gasteiger partial charge on any atom is -0.449 e. The molecule has 2 heterocycles. The second-order valence-electron chi connectivity index (χ2n) is 17.9. The lowest BCUT2D eigenvalue weighted by Crippen LogP contribution is -2.57. The molecule has 2 aliphatic carbocycles. The van der Waals surface area contributed by atoms with Crippen molar-refractivity contribution in [3.8, 4) is 11.1 Å². The predicted octanol–water partition coefficient (Wildman–Crippen LogP) is 1.75. The summed E-state index contributed by atoms with van der Waals surface area (Å²) in [6.07, 6.45) is -0.642. The average Bonchev–Trinajstić information content (AvgIpc) is 3.84. The number of aliphatic hydroxyl groups excluding tert-OH is 2. The number of phosphoric acid groups is 1. The molecule has 3 aromatic carbocycles. The van der Waals surface area contributed by atoms with Crippen molar-refractivity contribution in [3.05, 3.63) is 118 Å². The summed E-state index contributed by atoms with van der Waals surface area (Å²) in [6.45, 7) is -0.880.